The van der Waals surface area contributed by atoms with E-state index in [2.05, 4.69) is 0 Å². The van der Waals surface area contributed by atoms with Crippen LogP contribution in [-0.4, -0.2) is 12.9 Å². The third-order valence-electron chi connectivity index (χ3n) is 2.60. The first kappa shape index (κ1) is 13.8. The fourth-order valence-electron chi connectivity index (χ4n) is 1.60. The van der Waals surface area contributed by atoms with E-state index in [-0.39, 0.29) is 21.4 Å². The van der Waals surface area contributed by atoms with Crippen LogP contribution in [0.5, 0.6) is 5.75 Å². The molecule has 19 heavy (non-hydrogen) atoms. The summed E-state index contributed by atoms with van der Waals surface area (Å²) in [5.74, 6) is -0.340. The summed E-state index contributed by atoms with van der Waals surface area (Å²) < 4.78 is 18.1. The van der Waals surface area contributed by atoms with Gasteiger partial charge < -0.3 is 4.74 Å². The van der Waals surface area contributed by atoms with Crippen molar-refractivity contribution in [2.24, 2.45) is 0 Å². The third-order valence-corrected chi connectivity index (χ3v) is 3.21. The Morgan fingerprint density at radius 1 is 1.11 bits per heavy atom. The summed E-state index contributed by atoms with van der Waals surface area (Å²) in [6.07, 6.45) is 0. The molecule has 0 unspecified atom stereocenters. The van der Waals surface area contributed by atoms with Crippen LogP contribution in [0.2, 0.25) is 10.0 Å². The maximum atomic E-state index is 13.1. The van der Waals surface area contributed by atoms with E-state index in [0.717, 1.165) is 6.07 Å². The molecule has 0 aliphatic heterocycles. The highest BCUT2D eigenvalue weighted by Crippen LogP contribution is 2.26. The molecule has 2 aromatic rings. The lowest BCUT2D eigenvalue weighted by Gasteiger charge is -2.06. The molecule has 0 atom stereocenters. The molecule has 0 aromatic heterocycles. The van der Waals surface area contributed by atoms with Gasteiger partial charge in [0.15, 0.2) is 5.78 Å². The second-order valence-corrected chi connectivity index (χ2v) is 4.62. The van der Waals surface area contributed by atoms with E-state index in [1.54, 1.807) is 18.2 Å². The largest absolute Gasteiger partial charge is 0.497 e. The minimum Gasteiger partial charge on any atom is -0.497 e. The van der Waals surface area contributed by atoms with Gasteiger partial charge in [0.05, 0.1) is 17.2 Å². The number of ether oxygens (including phenoxy) is 1. The van der Waals surface area contributed by atoms with Gasteiger partial charge in [-0.3, -0.25) is 4.79 Å². The van der Waals surface area contributed by atoms with Crippen LogP contribution in [0.3, 0.4) is 0 Å². The molecule has 0 radical (unpaired) electrons. The Kier molecular flexibility index (Phi) is 4.08. The van der Waals surface area contributed by atoms with Crippen molar-refractivity contribution in [3.05, 3.63) is 63.4 Å². The average Bonchev–Trinajstić information content (AvgIpc) is 2.41. The number of benzene rings is 2. The van der Waals surface area contributed by atoms with Gasteiger partial charge in [0.2, 0.25) is 0 Å². The molecular weight excluding hydrogens is 290 g/mol. The van der Waals surface area contributed by atoms with Crippen LogP contribution < -0.4 is 4.74 Å². The molecular formula is C14H9Cl2FO2. The standard InChI is InChI=1S/C14H9Cl2FO2/c1-19-9-3-4-10(11(15)7-9)14(18)8-2-5-13(17)12(16)6-8/h2-7H,1H3. The summed E-state index contributed by atoms with van der Waals surface area (Å²) in [6.45, 7) is 0. The quantitative estimate of drug-likeness (QED) is 0.787. The molecule has 2 rings (SSSR count). The highest BCUT2D eigenvalue weighted by Gasteiger charge is 2.15. The molecule has 2 aromatic carbocycles. The number of rotatable bonds is 3. The van der Waals surface area contributed by atoms with E-state index in [0.29, 0.717) is 11.3 Å². The van der Waals surface area contributed by atoms with Crippen molar-refractivity contribution >= 4 is 29.0 Å². The number of carbonyl (C=O) groups is 1. The van der Waals surface area contributed by atoms with Crippen molar-refractivity contribution in [2.45, 2.75) is 0 Å². The van der Waals surface area contributed by atoms with Crippen molar-refractivity contribution < 1.29 is 13.9 Å². The molecule has 0 N–H and O–H groups in total. The first-order valence-electron chi connectivity index (χ1n) is 5.36. The summed E-state index contributed by atoms with van der Waals surface area (Å²) in [5.41, 5.74) is 0.587. The molecule has 0 saturated carbocycles. The van der Waals surface area contributed by atoms with Gasteiger partial charge in [0.1, 0.15) is 11.6 Å². The smallest absolute Gasteiger partial charge is 0.194 e. The molecule has 0 heterocycles. The van der Waals surface area contributed by atoms with E-state index in [9.17, 15) is 9.18 Å². The second-order valence-electron chi connectivity index (χ2n) is 3.80. The maximum Gasteiger partial charge on any atom is 0.194 e. The molecule has 5 heteroatoms. The van der Waals surface area contributed by atoms with Crippen LogP contribution in [0.4, 0.5) is 4.39 Å². The van der Waals surface area contributed by atoms with Gasteiger partial charge in [-0.2, -0.15) is 0 Å². The molecule has 0 saturated heterocycles. The molecule has 0 amide bonds. The minimum absolute atomic E-state index is 0.101. The van der Waals surface area contributed by atoms with Crippen LogP contribution >= 0.6 is 23.2 Å². The second kappa shape index (κ2) is 5.59. The Hall–Kier alpha value is -1.58. The van der Waals surface area contributed by atoms with Gasteiger partial charge in [0.25, 0.3) is 0 Å². The average molecular weight is 299 g/mol. The molecule has 0 bridgehead atoms. The maximum absolute atomic E-state index is 13.1. The van der Waals surface area contributed by atoms with Gasteiger partial charge in [0, 0.05) is 11.1 Å². The number of halogens is 3. The highest BCUT2D eigenvalue weighted by molar-refractivity contribution is 6.35. The fourth-order valence-corrected chi connectivity index (χ4v) is 2.04. The lowest BCUT2D eigenvalue weighted by Crippen LogP contribution is -2.02. The predicted octanol–water partition coefficient (Wildman–Crippen LogP) is 4.37. The van der Waals surface area contributed by atoms with Gasteiger partial charge in [-0.15, -0.1) is 0 Å². The number of methoxy groups -OCH3 is 1. The van der Waals surface area contributed by atoms with Crippen molar-refractivity contribution in [2.75, 3.05) is 7.11 Å². The number of ketones is 1. The molecule has 0 aliphatic rings. The van der Waals surface area contributed by atoms with Crippen LogP contribution in [0, 0.1) is 5.82 Å². The zero-order chi connectivity index (χ0) is 14.0. The number of hydrogen-bond donors (Lipinski definition) is 0. The van der Waals surface area contributed by atoms with E-state index in [4.69, 9.17) is 27.9 Å². The van der Waals surface area contributed by atoms with Crippen LogP contribution in [0.1, 0.15) is 15.9 Å². The normalized spacial score (nSPS) is 10.3. The number of carbonyl (C=O) groups excluding carboxylic acids is 1. The van der Waals surface area contributed by atoms with Crippen LogP contribution in [0.25, 0.3) is 0 Å². The lowest BCUT2D eigenvalue weighted by atomic mass is 10.0. The van der Waals surface area contributed by atoms with Crippen molar-refractivity contribution in [1.29, 1.82) is 0 Å². The van der Waals surface area contributed by atoms with Crippen molar-refractivity contribution in [1.82, 2.24) is 0 Å². The monoisotopic (exact) mass is 298 g/mol. The topological polar surface area (TPSA) is 26.3 Å². The van der Waals surface area contributed by atoms with E-state index in [1.807, 2.05) is 0 Å². The summed E-state index contributed by atoms with van der Waals surface area (Å²) >= 11 is 11.7. The molecule has 0 aliphatic carbocycles. The Balaban J connectivity index is 2.41. The molecule has 2 nitrogen and oxygen atoms in total. The molecule has 98 valence electrons. The predicted molar refractivity (Wildman–Crippen MR) is 72.8 cm³/mol. The Bertz CT molecular complexity index is 641. The zero-order valence-corrected chi connectivity index (χ0v) is 11.4. The summed E-state index contributed by atoms with van der Waals surface area (Å²) in [7, 11) is 1.51. The van der Waals surface area contributed by atoms with Crippen molar-refractivity contribution in [3.63, 3.8) is 0 Å². The summed E-state index contributed by atoms with van der Waals surface area (Å²) in [4.78, 5) is 12.2. The van der Waals surface area contributed by atoms with Gasteiger partial charge in [-0.1, -0.05) is 23.2 Å². The van der Waals surface area contributed by atoms with Crippen LogP contribution in [0.15, 0.2) is 36.4 Å². The van der Waals surface area contributed by atoms with Gasteiger partial charge in [-0.05, 0) is 36.4 Å². The van der Waals surface area contributed by atoms with E-state index in [1.165, 1.54) is 19.2 Å². The van der Waals surface area contributed by atoms with E-state index < -0.39 is 5.82 Å². The summed E-state index contributed by atoms with van der Waals surface area (Å²) in [5, 5.41) is 0.167. The summed E-state index contributed by atoms with van der Waals surface area (Å²) in [6, 6.07) is 8.52. The Morgan fingerprint density at radius 2 is 1.84 bits per heavy atom. The Morgan fingerprint density at radius 3 is 2.42 bits per heavy atom. The van der Waals surface area contributed by atoms with Crippen molar-refractivity contribution in [3.8, 4) is 5.75 Å². The SMILES string of the molecule is COc1ccc(C(=O)c2ccc(F)c(Cl)c2)c(Cl)c1. The van der Waals surface area contributed by atoms with Gasteiger partial charge >= 0.3 is 0 Å². The Labute approximate surface area is 119 Å². The number of hydrogen-bond acceptors (Lipinski definition) is 2. The fraction of sp³-hybridized carbons (Fsp3) is 0.0714. The van der Waals surface area contributed by atoms with Gasteiger partial charge in [-0.25, -0.2) is 4.39 Å². The first-order chi connectivity index (χ1) is 9.02. The minimum atomic E-state index is -0.570. The first-order valence-corrected chi connectivity index (χ1v) is 6.12. The highest BCUT2D eigenvalue weighted by atomic mass is 35.5. The molecule has 0 fully saturated rings. The lowest BCUT2D eigenvalue weighted by molar-refractivity contribution is 0.103. The molecule has 0 spiro atoms. The van der Waals surface area contributed by atoms with E-state index >= 15 is 0 Å². The zero-order valence-electron chi connectivity index (χ0n) is 9.91. The third kappa shape index (κ3) is 2.88. The van der Waals surface area contributed by atoms with Crippen LogP contribution in [-0.2, 0) is 0 Å².